The summed E-state index contributed by atoms with van der Waals surface area (Å²) in [6, 6.07) is 0. The van der Waals surface area contributed by atoms with E-state index < -0.39 is 11.9 Å². The van der Waals surface area contributed by atoms with Crippen LogP contribution in [-0.4, -0.2) is 23.5 Å². The number of esters is 1. The molecular weight excluding hydrogens is 284 g/mol. The average molecular weight is 293 g/mol. The van der Waals surface area contributed by atoms with Gasteiger partial charge in [-0.15, -0.1) is 11.3 Å². The van der Waals surface area contributed by atoms with Crippen molar-refractivity contribution in [2.24, 2.45) is 5.73 Å². The first kappa shape index (κ1) is 12.1. The minimum Gasteiger partial charge on any atom is -0.461 e. The standard InChI is InChI=1S/C8H9BrN2O3S/c1-2-14-8(13)6-7(9)15-5(11-6)3-4(10)12/h2-3H2,1H3,(H2,10,12). The van der Waals surface area contributed by atoms with Gasteiger partial charge < -0.3 is 10.5 Å². The van der Waals surface area contributed by atoms with Crippen LogP contribution in [0.3, 0.4) is 0 Å². The van der Waals surface area contributed by atoms with Gasteiger partial charge in [0.15, 0.2) is 5.69 Å². The van der Waals surface area contributed by atoms with E-state index in [1.807, 2.05) is 0 Å². The van der Waals surface area contributed by atoms with E-state index in [-0.39, 0.29) is 18.7 Å². The zero-order chi connectivity index (χ0) is 11.4. The van der Waals surface area contributed by atoms with Crippen LogP contribution in [0.15, 0.2) is 3.79 Å². The van der Waals surface area contributed by atoms with Crippen molar-refractivity contribution in [3.8, 4) is 0 Å². The Balaban J connectivity index is 2.86. The van der Waals surface area contributed by atoms with Crippen LogP contribution >= 0.6 is 27.3 Å². The van der Waals surface area contributed by atoms with E-state index in [0.29, 0.717) is 8.79 Å². The summed E-state index contributed by atoms with van der Waals surface area (Å²) in [6.07, 6.45) is 0.0304. The number of carbonyl (C=O) groups is 2. The van der Waals surface area contributed by atoms with E-state index in [1.54, 1.807) is 6.92 Å². The van der Waals surface area contributed by atoms with Crippen LogP contribution in [0.5, 0.6) is 0 Å². The van der Waals surface area contributed by atoms with Crippen molar-refractivity contribution < 1.29 is 14.3 Å². The number of rotatable bonds is 4. The molecule has 1 aromatic heterocycles. The van der Waals surface area contributed by atoms with Gasteiger partial charge in [-0.1, -0.05) is 0 Å². The van der Waals surface area contributed by atoms with Crippen molar-refractivity contribution in [3.05, 3.63) is 14.5 Å². The minimum atomic E-state index is -0.503. The fourth-order valence-electron chi connectivity index (χ4n) is 0.893. The van der Waals surface area contributed by atoms with Crippen molar-refractivity contribution in [1.29, 1.82) is 0 Å². The molecule has 0 spiro atoms. The summed E-state index contributed by atoms with van der Waals surface area (Å²) in [4.78, 5) is 25.9. The van der Waals surface area contributed by atoms with E-state index in [0.717, 1.165) is 0 Å². The first-order valence-electron chi connectivity index (χ1n) is 4.15. The third-order valence-corrected chi connectivity index (χ3v) is 3.13. The molecule has 0 bridgehead atoms. The summed E-state index contributed by atoms with van der Waals surface area (Å²) in [7, 11) is 0. The second kappa shape index (κ2) is 5.22. The Kier molecular flexibility index (Phi) is 4.22. The minimum absolute atomic E-state index is 0.0304. The maximum atomic E-state index is 11.3. The maximum Gasteiger partial charge on any atom is 0.359 e. The lowest BCUT2D eigenvalue weighted by atomic mass is 10.4. The quantitative estimate of drug-likeness (QED) is 0.843. The maximum absolute atomic E-state index is 11.3. The third kappa shape index (κ3) is 3.28. The van der Waals surface area contributed by atoms with Crippen LogP contribution in [0.1, 0.15) is 22.4 Å². The number of carbonyl (C=O) groups excluding carboxylic acids is 2. The highest BCUT2D eigenvalue weighted by atomic mass is 79.9. The molecule has 1 rings (SSSR count). The summed E-state index contributed by atoms with van der Waals surface area (Å²) in [5.74, 6) is -0.983. The molecular formula is C8H9BrN2O3S. The van der Waals surface area contributed by atoms with E-state index in [4.69, 9.17) is 10.5 Å². The van der Waals surface area contributed by atoms with Gasteiger partial charge in [0.2, 0.25) is 5.91 Å². The molecule has 2 N–H and O–H groups in total. The molecule has 0 aliphatic carbocycles. The predicted molar refractivity (Wildman–Crippen MR) is 58.7 cm³/mol. The summed E-state index contributed by atoms with van der Waals surface area (Å²) in [5.41, 5.74) is 5.21. The average Bonchev–Trinajstić information content (AvgIpc) is 2.46. The number of nitrogens with two attached hydrogens (primary N) is 1. The molecule has 0 radical (unpaired) electrons. The monoisotopic (exact) mass is 292 g/mol. The topological polar surface area (TPSA) is 82.3 Å². The van der Waals surface area contributed by atoms with E-state index in [1.165, 1.54) is 11.3 Å². The molecule has 0 aliphatic heterocycles. The highest BCUT2D eigenvalue weighted by Gasteiger charge is 2.18. The molecule has 5 nitrogen and oxygen atoms in total. The number of amides is 1. The van der Waals surface area contributed by atoms with Gasteiger partial charge in [0, 0.05) is 0 Å². The Hall–Kier alpha value is -0.950. The molecule has 1 amide bonds. The lowest BCUT2D eigenvalue weighted by molar-refractivity contribution is -0.117. The van der Waals surface area contributed by atoms with Gasteiger partial charge in [-0.3, -0.25) is 4.79 Å². The van der Waals surface area contributed by atoms with Crippen molar-refractivity contribution in [2.45, 2.75) is 13.3 Å². The summed E-state index contributed by atoms with van der Waals surface area (Å²) >= 11 is 4.38. The Labute approximate surface area is 98.8 Å². The van der Waals surface area contributed by atoms with Crippen LogP contribution in [0.2, 0.25) is 0 Å². The molecule has 15 heavy (non-hydrogen) atoms. The van der Waals surface area contributed by atoms with Gasteiger partial charge in [-0.05, 0) is 22.9 Å². The molecule has 0 saturated carbocycles. The lowest BCUT2D eigenvalue weighted by Gasteiger charge is -1.97. The van der Waals surface area contributed by atoms with Crippen LogP contribution in [0.25, 0.3) is 0 Å². The zero-order valence-corrected chi connectivity index (χ0v) is 10.4. The highest BCUT2D eigenvalue weighted by Crippen LogP contribution is 2.25. The van der Waals surface area contributed by atoms with Crippen molar-refractivity contribution in [2.75, 3.05) is 6.61 Å². The van der Waals surface area contributed by atoms with Gasteiger partial charge in [-0.25, -0.2) is 9.78 Å². The van der Waals surface area contributed by atoms with Gasteiger partial charge in [0.05, 0.1) is 13.0 Å². The Morgan fingerprint density at radius 3 is 2.80 bits per heavy atom. The number of hydrogen-bond donors (Lipinski definition) is 1. The van der Waals surface area contributed by atoms with E-state index in [2.05, 4.69) is 20.9 Å². The summed E-state index contributed by atoms with van der Waals surface area (Å²) in [5, 5.41) is 0.498. The number of primary amides is 1. The lowest BCUT2D eigenvalue weighted by Crippen LogP contribution is -2.13. The molecule has 7 heteroatoms. The Morgan fingerprint density at radius 2 is 2.27 bits per heavy atom. The normalized spacial score (nSPS) is 10.0. The Bertz CT molecular complexity index is 391. The second-order valence-corrected chi connectivity index (χ2v) is 4.99. The molecule has 82 valence electrons. The Morgan fingerprint density at radius 1 is 1.60 bits per heavy atom. The molecule has 0 unspecified atom stereocenters. The predicted octanol–water partition coefficient (Wildman–Crippen LogP) is 1.11. The number of aromatic nitrogens is 1. The van der Waals surface area contributed by atoms with Crippen molar-refractivity contribution in [1.82, 2.24) is 4.98 Å². The van der Waals surface area contributed by atoms with Gasteiger partial charge in [0.25, 0.3) is 0 Å². The highest BCUT2D eigenvalue weighted by molar-refractivity contribution is 9.11. The third-order valence-electron chi connectivity index (χ3n) is 1.42. The van der Waals surface area contributed by atoms with Gasteiger partial charge in [-0.2, -0.15) is 0 Å². The second-order valence-electron chi connectivity index (χ2n) is 2.59. The first-order chi connectivity index (χ1) is 7.04. The fourth-order valence-corrected chi connectivity index (χ4v) is 2.49. The number of thiazole rings is 1. The molecule has 0 atom stereocenters. The molecule has 1 heterocycles. The fraction of sp³-hybridized carbons (Fsp3) is 0.375. The number of ether oxygens (including phenoxy) is 1. The van der Waals surface area contributed by atoms with Gasteiger partial charge >= 0.3 is 5.97 Å². The molecule has 0 saturated heterocycles. The van der Waals surface area contributed by atoms with Crippen molar-refractivity contribution in [3.63, 3.8) is 0 Å². The number of nitrogens with zero attached hydrogens (tertiary/aromatic N) is 1. The molecule has 0 aliphatic rings. The largest absolute Gasteiger partial charge is 0.461 e. The number of hydrogen-bond acceptors (Lipinski definition) is 5. The van der Waals surface area contributed by atoms with Crippen LogP contribution in [0, 0.1) is 0 Å². The van der Waals surface area contributed by atoms with Gasteiger partial charge in [0.1, 0.15) is 8.79 Å². The van der Waals surface area contributed by atoms with Crippen molar-refractivity contribution >= 4 is 39.1 Å². The summed E-state index contributed by atoms with van der Waals surface area (Å²) < 4.78 is 5.34. The SMILES string of the molecule is CCOC(=O)c1nc(CC(N)=O)sc1Br. The van der Waals surface area contributed by atoms with Crippen LogP contribution in [-0.2, 0) is 16.0 Å². The van der Waals surface area contributed by atoms with Crippen LogP contribution < -0.4 is 5.73 Å². The zero-order valence-electron chi connectivity index (χ0n) is 7.95. The smallest absolute Gasteiger partial charge is 0.359 e. The van der Waals surface area contributed by atoms with E-state index in [9.17, 15) is 9.59 Å². The molecule has 0 aromatic carbocycles. The summed E-state index contributed by atoms with van der Waals surface area (Å²) in [6.45, 7) is 2.00. The molecule has 0 fully saturated rings. The first-order valence-corrected chi connectivity index (χ1v) is 5.76. The molecule has 1 aromatic rings. The van der Waals surface area contributed by atoms with E-state index >= 15 is 0 Å². The number of halogens is 1. The van der Waals surface area contributed by atoms with Crippen LogP contribution in [0.4, 0.5) is 0 Å².